The Labute approximate surface area is 124 Å². The normalized spacial score (nSPS) is 12.3. The largest absolute Gasteiger partial charge is 0.358 e. The zero-order valence-corrected chi connectivity index (χ0v) is 12.9. The predicted octanol–water partition coefficient (Wildman–Crippen LogP) is 2.98. The summed E-state index contributed by atoms with van der Waals surface area (Å²) in [4.78, 5) is 4.56. The van der Waals surface area contributed by atoms with Crippen molar-refractivity contribution in [1.29, 1.82) is 0 Å². The first-order valence-electron chi connectivity index (χ1n) is 7.06. The molecule has 0 aliphatic heterocycles. The van der Waals surface area contributed by atoms with E-state index in [0.717, 1.165) is 30.2 Å². The van der Waals surface area contributed by atoms with E-state index in [9.17, 15) is 0 Å². The molecule has 1 heterocycles. The molecule has 2 rings (SSSR count). The fourth-order valence-corrected chi connectivity index (χ4v) is 2.81. The molecule has 1 aromatic heterocycles. The molecule has 1 unspecified atom stereocenters. The van der Waals surface area contributed by atoms with Gasteiger partial charge >= 0.3 is 0 Å². The van der Waals surface area contributed by atoms with E-state index in [1.165, 1.54) is 22.7 Å². The van der Waals surface area contributed by atoms with Crippen molar-refractivity contribution < 1.29 is 0 Å². The molecule has 3 N–H and O–H groups in total. The lowest BCUT2D eigenvalue weighted by atomic mass is 10.1. The van der Waals surface area contributed by atoms with Crippen molar-refractivity contribution in [2.45, 2.75) is 39.2 Å². The summed E-state index contributed by atoms with van der Waals surface area (Å²) >= 11 is 1.43. The molecule has 0 saturated carbocycles. The molecule has 0 amide bonds. The Morgan fingerprint density at radius 2 is 2.25 bits per heavy atom. The molecule has 1 atom stereocenters. The molecular formula is C15H22N4S. The molecule has 20 heavy (non-hydrogen) atoms. The van der Waals surface area contributed by atoms with Crippen LogP contribution in [-0.4, -0.2) is 21.9 Å². The lowest BCUT2D eigenvalue weighted by molar-refractivity contribution is 0.641. The van der Waals surface area contributed by atoms with Gasteiger partial charge in [-0.3, -0.25) is 0 Å². The van der Waals surface area contributed by atoms with E-state index in [4.69, 9.17) is 5.73 Å². The standard InChI is InChI=1S/C15H22N4S/c1-3-13(7-8-16)17-15-18-14(19-20-15)10-12-6-4-5-11(2)9-12/h4-6,9,13H,3,7-8,10,16H2,1-2H3,(H,17,18,19). The highest BCUT2D eigenvalue weighted by atomic mass is 32.1. The minimum Gasteiger partial charge on any atom is -0.358 e. The fraction of sp³-hybridized carbons (Fsp3) is 0.467. The molecule has 0 radical (unpaired) electrons. The number of rotatable bonds is 7. The molecule has 0 fully saturated rings. The Morgan fingerprint density at radius 3 is 2.95 bits per heavy atom. The van der Waals surface area contributed by atoms with Crippen LogP contribution in [0.1, 0.15) is 36.7 Å². The number of nitrogens with two attached hydrogens (primary N) is 1. The second-order valence-electron chi connectivity index (χ2n) is 5.01. The molecule has 0 aliphatic rings. The monoisotopic (exact) mass is 290 g/mol. The SMILES string of the molecule is CCC(CCN)Nc1nc(Cc2cccc(C)c2)ns1. The second kappa shape index (κ2) is 7.36. The van der Waals surface area contributed by atoms with E-state index in [1.807, 2.05) is 0 Å². The summed E-state index contributed by atoms with van der Waals surface area (Å²) in [5.74, 6) is 0.880. The van der Waals surface area contributed by atoms with Crippen molar-refractivity contribution in [3.05, 3.63) is 41.2 Å². The van der Waals surface area contributed by atoms with Crippen molar-refractivity contribution >= 4 is 16.7 Å². The Morgan fingerprint density at radius 1 is 1.40 bits per heavy atom. The maximum Gasteiger partial charge on any atom is 0.202 e. The lowest BCUT2D eigenvalue weighted by Crippen LogP contribution is -2.22. The first-order valence-corrected chi connectivity index (χ1v) is 7.83. The third-order valence-corrected chi connectivity index (χ3v) is 3.93. The van der Waals surface area contributed by atoms with Gasteiger partial charge in [-0.2, -0.15) is 4.37 Å². The van der Waals surface area contributed by atoms with Crippen LogP contribution in [-0.2, 0) is 6.42 Å². The van der Waals surface area contributed by atoms with Crippen LogP contribution in [0.2, 0.25) is 0 Å². The van der Waals surface area contributed by atoms with Crippen molar-refractivity contribution in [3.63, 3.8) is 0 Å². The molecule has 0 bridgehead atoms. The van der Waals surface area contributed by atoms with Crippen molar-refractivity contribution in [2.75, 3.05) is 11.9 Å². The molecule has 0 saturated heterocycles. The number of benzene rings is 1. The lowest BCUT2D eigenvalue weighted by Gasteiger charge is -2.14. The van der Waals surface area contributed by atoms with Crippen LogP contribution in [0, 0.1) is 6.92 Å². The summed E-state index contributed by atoms with van der Waals surface area (Å²) < 4.78 is 4.43. The number of nitrogens with one attached hydrogen (secondary N) is 1. The van der Waals surface area contributed by atoms with Gasteiger partial charge in [-0.1, -0.05) is 36.8 Å². The van der Waals surface area contributed by atoms with Gasteiger partial charge in [0.15, 0.2) is 0 Å². The van der Waals surface area contributed by atoms with Crippen LogP contribution < -0.4 is 11.1 Å². The van der Waals surface area contributed by atoms with E-state index in [2.05, 4.69) is 52.8 Å². The maximum absolute atomic E-state index is 5.61. The van der Waals surface area contributed by atoms with Crippen LogP contribution in [0.3, 0.4) is 0 Å². The molecule has 0 aliphatic carbocycles. The van der Waals surface area contributed by atoms with Gasteiger partial charge in [-0.05, 0) is 31.9 Å². The summed E-state index contributed by atoms with van der Waals surface area (Å²) in [6.07, 6.45) is 2.79. The van der Waals surface area contributed by atoms with E-state index in [1.54, 1.807) is 0 Å². The average Bonchev–Trinajstić information content (AvgIpc) is 2.85. The Hall–Kier alpha value is -1.46. The number of hydrogen-bond donors (Lipinski definition) is 2. The number of aryl methyl sites for hydroxylation is 1. The number of anilines is 1. The van der Waals surface area contributed by atoms with Crippen molar-refractivity contribution in [2.24, 2.45) is 5.73 Å². The Bertz CT molecular complexity index is 538. The minimum atomic E-state index is 0.389. The molecule has 108 valence electrons. The smallest absolute Gasteiger partial charge is 0.202 e. The molecule has 2 aromatic rings. The van der Waals surface area contributed by atoms with Gasteiger partial charge in [-0.25, -0.2) is 4.98 Å². The van der Waals surface area contributed by atoms with Gasteiger partial charge in [0.05, 0.1) is 0 Å². The summed E-state index contributed by atoms with van der Waals surface area (Å²) in [6.45, 7) is 4.95. The number of hydrogen-bond acceptors (Lipinski definition) is 5. The van der Waals surface area contributed by atoms with Crippen LogP contribution in [0.5, 0.6) is 0 Å². The van der Waals surface area contributed by atoms with Gasteiger partial charge in [0.1, 0.15) is 5.82 Å². The van der Waals surface area contributed by atoms with E-state index in [0.29, 0.717) is 12.6 Å². The topological polar surface area (TPSA) is 63.8 Å². The van der Waals surface area contributed by atoms with E-state index >= 15 is 0 Å². The van der Waals surface area contributed by atoms with Gasteiger partial charge in [0.25, 0.3) is 0 Å². The van der Waals surface area contributed by atoms with E-state index in [-0.39, 0.29) is 0 Å². The first kappa shape index (κ1) is 14.9. The Balaban J connectivity index is 1.98. The van der Waals surface area contributed by atoms with Crippen molar-refractivity contribution in [3.8, 4) is 0 Å². The third kappa shape index (κ3) is 4.28. The quantitative estimate of drug-likeness (QED) is 0.823. The third-order valence-electron chi connectivity index (χ3n) is 3.25. The summed E-state index contributed by atoms with van der Waals surface area (Å²) in [6, 6.07) is 8.86. The highest BCUT2D eigenvalue weighted by Gasteiger charge is 2.09. The molecular weight excluding hydrogens is 268 g/mol. The second-order valence-corrected chi connectivity index (χ2v) is 5.76. The molecule has 4 nitrogen and oxygen atoms in total. The zero-order chi connectivity index (χ0) is 14.4. The van der Waals surface area contributed by atoms with Crippen molar-refractivity contribution in [1.82, 2.24) is 9.36 Å². The summed E-state index contributed by atoms with van der Waals surface area (Å²) in [5.41, 5.74) is 8.13. The summed E-state index contributed by atoms with van der Waals surface area (Å²) in [7, 11) is 0. The average molecular weight is 290 g/mol. The van der Waals surface area contributed by atoms with Crippen LogP contribution in [0.25, 0.3) is 0 Å². The van der Waals surface area contributed by atoms with Gasteiger partial charge in [0.2, 0.25) is 5.13 Å². The fourth-order valence-electron chi connectivity index (χ4n) is 2.14. The number of aromatic nitrogens is 2. The minimum absolute atomic E-state index is 0.389. The highest BCUT2D eigenvalue weighted by molar-refractivity contribution is 7.09. The molecule has 0 spiro atoms. The van der Waals surface area contributed by atoms with Crippen LogP contribution in [0.4, 0.5) is 5.13 Å². The molecule has 1 aromatic carbocycles. The predicted molar refractivity (Wildman–Crippen MR) is 85.3 cm³/mol. The highest BCUT2D eigenvalue weighted by Crippen LogP contribution is 2.17. The van der Waals surface area contributed by atoms with Gasteiger partial charge < -0.3 is 11.1 Å². The van der Waals surface area contributed by atoms with Gasteiger partial charge in [0, 0.05) is 24.0 Å². The van der Waals surface area contributed by atoms with E-state index < -0.39 is 0 Å². The molecule has 5 heteroatoms. The maximum atomic E-state index is 5.61. The number of nitrogens with zero attached hydrogens (tertiary/aromatic N) is 2. The Kier molecular flexibility index (Phi) is 5.49. The zero-order valence-electron chi connectivity index (χ0n) is 12.1. The first-order chi connectivity index (χ1) is 9.71. The summed E-state index contributed by atoms with van der Waals surface area (Å²) in [5, 5.41) is 4.31. The van der Waals surface area contributed by atoms with Gasteiger partial charge in [-0.15, -0.1) is 0 Å². The van der Waals surface area contributed by atoms with Crippen LogP contribution >= 0.6 is 11.5 Å². The van der Waals surface area contributed by atoms with Crippen LogP contribution in [0.15, 0.2) is 24.3 Å².